The van der Waals surface area contributed by atoms with Gasteiger partial charge in [-0.3, -0.25) is 19.4 Å². The minimum atomic E-state index is -3.13. The van der Waals surface area contributed by atoms with Crippen molar-refractivity contribution in [1.82, 2.24) is 20.2 Å². The Bertz CT molecular complexity index is 1440. The van der Waals surface area contributed by atoms with Gasteiger partial charge in [-0.2, -0.15) is 5.26 Å². The number of fused-ring (bicyclic) bond motifs is 1. The van der Waals surface area contributed by atoms with Gasteiger partial charge in [0.05, 0.1) is 30.2 Å². The summed E-state index contributed by atoms with van der Waals surface area (Å²) in [4.78, 5) is 44.5. The Kier molecular flexibility index (Phi) is 6.42. The fourth-order valence-corrected chi connectivity index (χ4v) is 4.02. The van der Waals surface area contributed by atoms with E-state index in [1.165, 1.54) is 18.3 Å². The van der Waals surface area contributed by atoms with Crippen LogP contribution in [0, 0.1) is 11.3 Å². The lowest BCUT2D eigenvalue weighted by atomic mass is 10.00. The molecule has 0 radical (unpaired) electrons. The van der Waals surface area contributed by atoms with Crippen molar-refractivity contribution in [1.29, 1.82) is 5.26 Å². The van der Waals surface area contributed by atoms with Crippen molar-refractivity contribution in [2.24, 2.45) is 0 Å². The molecular formula is C25H21F2N5O3. The largest absolute Gasteiger partial charge is 0.343 e. The number of carbonyl (C=O) groups is 2. The highest BCUT2D eigenvalue weighted by Gasteiger charge is 2.47. The van der Waals surface area contributed by atoms with Crippen molar-refractivity contribution < 1.29 is 18.4 Å². The highest BCUT2D eigenvalue weighted by molar-refractivity contribution is 6.07. The molecule has 1 atom stereocenters. The van der Waals surface area contributed by atoms with Gasteiger partial charge in [0.1, 0.15) is 6.04 Å². The normalized spacial score (nSPS) is 17.3. The molecule has 1 unspecified atom stereocenters. The molecule has 3 heterocycles. The summed E-state index contributed by atoms with van der Waals surface area (Å²) in [6, 6.07) is 10.6. The van der Waals surface area contributed by atoms with Crippen molar-refractivity contribution in [3.8, 4) is 6.07 Å². The number of hydrogen-bond donors (Lipinski definition) is 2. The van der Waals surface area contributed by atoms with Crippen LogP contribution in [0.1, 0.15) is 34.8 Å². The number of H-pyrrole nitrogens is 1. The zero-order chi connectivity index (χ0) is 25.2. The molecule has 1 aliphatic heterocycles. The van der Waals surface area contributed by atoms with Crippen LogP contribution in [-0.4, -0.2) is 51.7 Å². The number of carbonyl (C=O) groups excluding carboxylic acids is 2. The first-order chi connectivity index (χ1) is 16.7. The van der Waals surface area contributed by atoms with Gasteiger partial charge in [-0.05, 0) is 47.9 Å². The number of hydrogen-bond acceptors (Lipinski definition) is 5. The van der Waals surface area contributed by atoms with E-state index in [1.807, 2.05) is 19.1 Å². The zero-order valence-electron chi connectivity index (χ0n) is 18.7. The zero-order valence-corrected chi connectivity index (χ0v) is 18.7. The molecular weight excluding hydrogens is 456 g/mol. The molecule has 10 heteroatoms. The van der Waals surface area contributed by atoms with Crippen molar-refractivity contribution in [3.63, 3.8) is 0 Å². The molecule has 178 valence electrons. The molecule has 8 nitrogen and oxygen atoms in total. The Labute approximate surface area is 198 Å². The smallest absolute Gasteiger partial charge is 0.268 e. The van der Waals surface area contributed by atoms with Crippen molar-refractivity contribution in [3.05, 3.63) is 75.8 Å². The van der Waals surface area contributed by atoms with Crippen LogP contribution in [0.3, 0.4) is 0 Å². The highest BCUT2D eigenvalue weighted by atomic mass is 19.3. The Hall–Kier alpha value is -4.39. The first kappa shape index (κ1) is 23.8. The van der Waals surface area contributed by atoms with Gasteiger partial charge in [0.2, 0.25) is 11.5 Å². The topological polar surface area (TPSA) is 119 Å². The number of allylic oxidation sites excluding steroid dienone is 1. The summed E-state index contributed by atoms with van der Waals surface area (Å²) >= 11 is 0. The standard InChI is InChI=1S/C25H21F2N5O3/c1-15(8-16-4-6-30-22(33)9-16)17-2-3-21-20(10-17)19(5-7-29-21)24(35)31-13-23(34)32-14-25(26,27)11-18(32)12-28/h2-10,18H,11,13-14H2,1H3,(H,30,33)(H,31,35). The van der Waals surface area contributed by atoms with Crippen LogP contribution in [0.2, 0.25) is 0 Å². The number of alkyl halides is 2. The van der Waals surface area contributed by atoms with Crippen LogP contribution in [0.5, 0.6) is 0 Å². The second-order valence-electron chi connectivity index (χ2n) is 8.31. The molecule has 0 saturated carbocycles. The van der Waals surface area contributed by atoms with Gasteiger partial charge < -0.3 is 15.2 Å². The lowest BCUT2D eigenvalue weighted by Crippen LogP contribution is -2.43. The van der Waals surface area contributed by atoms with Gasteiger partial charge in [-0.1, -0.05) is 12.1 Å². The van der Waals surface area contributed by atoms with Gasteiger partial charge in [-0.15, -0.1) is 0 Å². The number of pyridine rings is 2. The number of nitriles is 1. The van der Waals surface area contributed by atoms with E-state index < -0.39 is 43.3 Å². The predicted molar refractivity (Wildman–Crippen MR) is 125 cm³/mol. The number of nitrogens with zero attached hydrogens (tertiary/aromatic N) is 3. The molecule has 0 bridgehead atoms. The summed E-state index contributed by atoms with van der Waals surface area (Å²) in [7, 11) is 0. The number of likely N-dealkylation sites (tertiary alicyclic amines) is 1. The van der Waals surface area contributed by atoms with E-state index >= 15 is 0 Å². The Morgan fingerprint density at radius 3 is 2.86 bits per heavy atom. The van der Waals surface area contributed by atoms with Crippen LogP contribution >= 0.6 is 0 Å². The third-order valence-electron chi connectivity index (χ3n) is 5.76. The lowest BCUT2D eigenvalue weighted by Gasteiger charge is -2.19. The first-order valence-electron chi connectivity index (χ1n) is 10.8. The lowest BCUT2D eigenvalue weighted by molar-refractivity contribution is -0.131. The minimum Gasteiger partial charge on any atom is -0.343 e. The van der Waals surface area contributed by atoms with Crippen LogP contribution in [-0.2, 0) is 4.79 Å². The number of aromatic nitrogens is 2. The van der Waals surface area contributed by atoms with E-state index in [2.05, 4.69) is 15.3 Å². The Morgan fingerprint density at radius 2 is 2.11 bits per heavy atom. The van der Waals surface area contributed by atoms with Gasteiger partial charge in [0, 0.05) is 30.3 Å². The molecule has 4 rings (SSSR count). The molecule has 1 saturated heterocycles. The molecule has 35 heavy (non-hydrogen) atoms. The third kappa shape index (κ3) is 5.24. The highest BCUT2D eigenvalue weighted by Crippen LogP contribution is 2.31. The molecule has 2 aromatic heterocycles. The maximum atomic E-state index is 13.6. The summed E-state index contributed by atoms with van der Waals surface area (Å²) in [5.41, 5.74) is 2.96. The first-order valence-corrected chi connectivity index (χ1v) is 10.8. The minimum absolute atomic E-state index is 0.221. The molecule has 2 N–H and O–H groups in total. The molecule has 1 aliphatic rings. The van der Waals surface area contributed by atoms with Crippen molar-refractivity contribution in [2.45, 2.75) is 25.3 Å². The quantitative estimate of drug-likeness (QED) is 0.586. The maximum Gasteiger partial charge on any atom is 0.268 e. The van der Waals surface area contributed by atoms with E-state index in [0.717, 1.165) is 21.6 Å². The summed E-state index contributed by atoms with van der Waals surface area (Å²) < 4.78 is 27.3. The molecule has 1 fully saturated rings. The van der Waals surface area contributed by atoms with Crippen LogP contribution in [0.15, 0.2) is 53.6 Å². The number of aromatic amines is 1. The summed E-state index contributed by atoms with van der Waals surface area (Å²) in [5, 5.41) is 12.1. The summed E-state index contributed by atoms with van der Waals surface area (Å²) in [6.07, 6.45) is 4.13. The monoisotopic (exact) mass is 477 g/mol. The second-order valence-corrected chi connectivity index (χ2v) is 8.31. The Morgan fingerprint density at radius 1 is 1.31 bits per heavy atom. The van der Waals surface area contributed by atoms with E-state index in [4.69, 9.17) is 5.26 Å². The molecule has 1 aromatic carbocycles. The van der Waals surface area contributed by atoms with E-state index in [1.54, 1.807) is 30.5 Å². The average Bonchev–Trinajstić information content (AvgIpc) is 3.16. The second kappa shape index (κ2) is 9.46. The van der Waals surface area contributed by atoms with Crippen LogP contribution in [0.25, 0.3) is 22.6 Å². The SMILES string of the molecule is CC(=Cc1cc[nH]c(=O)c1)c1ccc2nccc(C(=O)NCC(=O)N3CC(F)(F)CC3C#N)c2c1. The molecule has 2 amide bonds. The molecule has 0 aliphatic carbocycles. The van der Waals surface area contributed by atoms with Gasteiger partial charge in [0.25, 0.3) is 11.8 Å². The average molecular weight is 477 g/mol. The van der Waals surface area contributed by atoms with Gasteiger partial charge in [0.15, 0.2) is 0 Å². The molecule has 3 aromatic rings. The Balaban J connectivity index is 1.55. The predicted octanol–water partition coefficient (Wildman–Crippen LogP) is 2.97. The van der Waals surface area contributed by atoms with Crippen LogP contribution < -0.4 is 10.9 Å². The van der Waals surface area contributed by atoms with E-state index in [9.17, 15) is 23.2 Å². The fourth-order valence-electron chi connectivity index (χ4n) is 4.02. The summed E-state index contributed by atoms with van der Waals surface area (Å²) in [5.74, 6) is -4.45. The fraction of sp³-hybridized carbons (Fsp3) is 0.240. The van der Waals surface area contributed by atoms with Crippen LogP contribution in [0.4, 0.5) is 8.78 Å². The number of rotatable bonds is 5. The molecule has 0 spiro atoms. The van der Waals surface area contributed by atoms with E-state index in [0.29, 0.717) is 10.9 Å². The summed E-state index contributed by atoms with van der Waals surface area (Å²) in [6.45, 7) is 0.507. The third-order valence-corrected chi connectivity index (χ3v) is 5.76. The van der Waals surface area contributed by atoms with Gasteiger partial charge in [-0.25, -0.2) is 8.78 Å². The number of benzene rings is 1. The number of halogens is 2. The maximum absolute atomic E-state index is 13.6. The number of amides is 2. The van der Waals surface area contributed by atoms with Crippen molar-refractivity contribution >= 4 is 34.4 Å². The van der Waals surface area contributed by atoms with E-state index in [-0.39, 0.29) is 11.1 Å². The number of nitrogens with one attached hydrogen (secondary N) is 2. The van der Waals surface area contributed by atoms with Gasteiger partial charge >= 0.3 is 0 Å². The van der Waals surface area contributed by atoms with Crippen molar-refractivity contribution in [2.75, 3.05) is 13.1 Å².